The van der Waals surface area contributed by atoms with Gasteiger partial charge in [0.05, 0.1) is 10.9 Å². The Kier molecular flexibility index (Phi) is 6.33. The van der Waals surface area contributed by atoms with Crippen LogP contribution >= 0.6 is 11.3 Å². The van der Waals surface area contributed by atoms with Crippen molar-refractivity contribution in [3.63, 3.8) is 0 Å². The van der Waals surface area contributed by atoms with Crippen LogP contribution in [0.15, 0.2) is 11.6 Å². The van der Waals surface area contributed by atoms with Gasteiger partial charge in [0.15, 0.2) is 0 Å². The highest BCUT2D eigenvalue weighted by Gasteiger charge is 2.29. The molecule has 2 rings (SSSR count). The molecule has 1 aromatic rings. The van der Waals surface area contributed by atoms with Gasteiger partial charge in [-0.25, -0.2) is 4.98 Å². The first-order chi connectivity index (χ1) is 10.6. The zero-order valence-electron chi connectivity index (χ0n) is 13.2. The molecule has 22 heavy (non-hydrogen) atoms. The Morgan fingerprint density at radius 2 is 2.36 bits per heavy atom. The molecule has 1 fully saturated rings. The topological polar surface area (TPSA) is 65.5 Å². The van der Waals surface area contributed by atoms with Crippen LogP contribution in [-0.4, -0.2) is 66.9 Å². The third-order valence-electron chi connectivity index (χ3n) is 3.81. The van der Waals surface area contributed by atoms with E-state index < -0.39 is 0 Å². The number of carbonyl (C=O) groups is 2. The minimum absolute atomic E-state index is 0.0545. The van der Waals surface area contributed by atoms with Crippen LogP contribution in [0.2, 0.25) is 0 Å². The number of amides is 2. The summed E-state index contributed by atoms with van der Waals surface area (Å²) in [5, 5.41) is 5.94. The monoisotopic (exact) mass is 324 g/mol. The van der Waals surface area contributed by atoms with Crippen LogP contribution in [0.25, 0.3) is 0 Å². The van der Waals surface area contributed by atoms with E-state index in [1.807, 2.05) is 29.3 Å². The molecule has 2 amide bonds. The molecule has 1 atom stereocenters. The Balaban J connectivity index is 1.75. The molecule has 1 aliphatic rings. The third kappa shape index (κ3) is 5.06. The minimum atomic E-state index is -0.0869. The zero-order chi connectivity index (χ0) is 15.9. The Bertz CT molecular complexity index is 490. The van der Waals surface area contributed by atoms with Crippen LogP contribution in [0.4, 0.5) is 0 Å². The van der Waals surface area contributed by atoms with Gasteiger partial charge in [0.25, 0.3) is 0 Å². The van der Waals surface area contributed by atoms with Crippen molar-refractivity contribution in [1.29, 1.82) is 0 Å². The summed E-state index contributed by atoms with van der Waals surface area (Å²) in [7, 11) is 3.97. The lowest BCUT2D eigenvalue weighted by molar-refractivity contribution is -0.138. The van der Waals surface area contributed by atoms with E-state index in [1.165, 1.54) is 0 Å². The van der Waals surface area contributed by atoms with Gasteiger partial charge in [0.1, 0.15) is 0 Å². The van der Waals surface area contributed by atoms with Gasteiger partial charge in [-0.2, -0.15) is 0 Å². The molecule has 0 spiro atoms. The molecule has 0 aliphatic carbocycles. The van der Waals surface area contributed by atoms with Crippen molar-refractivity contribution in [2.75, 3.05) is 40.3 Å². The number of carbonyl (C=O) groups excluding carboxylic acids is 2. The second kappa shape index (κ2) is 8.24. The highest BCUT2D eigenvalue weighted by Crippen LogP contribution is 2.17. The molecule has 1 aromatic heterocycles. The average molecular weight is 324 g/mol. The second-order valence-corrected chi connectivity index (χ2v) is 6.82. The number of likely N-dealkylation sites (tertiary alicyclic amines) is 1. The third-order valence-corrected chi connectivity index (χ3v) is 4.65. The predicted octanol–water partition coefficient (Wildman–Crippen LogP) is 0.602. The van der Waals surface area contributed by atoms with Crippen molar-refractivity contribution in [3.05, 3.63) is 16.6 Å². The van der Waals surface area contributed by atoms with Gasteiger partial charge in [-0.3, -0.25) is 9.59 Å². The summed E-state index contributed by atoms with van der Waals surface area (Å²) in [6.45, 7) is 2.66. The Hall–Kier alpha value is -1.47. The van der Waals surface area contributed by atoms with E-state index in [4.69, 9.17) is 0 Å². The van der Waals surface area contributed by atoms with Crippen LogP contribution in [0.3, 0.4) is 0 Å². The first kappa shape index (κ1) is 16.9. The summed E-state index contributed by atoms with van der Waals surface area (Å²) < 4.78 is 0. The Morgan fingerprint density at radius 1 is 1.55 bits per heavy atom. The summed E-state index contributed by atoms with van der Waals surface area (Å²) in [4.78, 5) is 32.2. The van der Waals surface area contributed by atoms with Crippen LogP contribution in [0.5, 0.6) is 0 Å². The second-order valence-electron chi connectivity index (χ2n) is 5.85. The van der Waals surface area contributed by atoms with Crippen molar-refractivity contribution in [2.24, 2.45) is 5.92 Å². The summed E-state index contributed by atoms with van der Waals surface area (Å²) in [5.74, 6) is 0.128. The van der Waals surface area contributed by atoms with Gasteiger partial charge in [0.2, 0.25) is 11.8 Å². The van der Waals surface area contributed by atoms with Gasteiger partial charge in [-0.05, 0) is 20.5 Å². The Morgan fingerprint density at radius 3 is 3.05 bits per heavy atom. The fourth-order valence-electron chi connectivity index (χ4n) is 2.48. The van der Waals surface area contributed by atoms with Crippen molar-refractivity contribution in [1.82, 2.24) is 20.1 Å². The van der Waals surface area contributed by atoms with Gasteiger partial charge in [0, 0.05) is 50.6 Å². The fourth-order valence-corrected chi connectivity index (χ4v) is 3.10. The number of likely N-dealkylation sites (N-methyl/N-ethyl adjacent to an activating group) is 1. The summed E-state index contributed by atoms with van der Waals surface area (Å²) in [6.07, 6.45) is 3.66. The molecule has 0 saturated carbocycles. The number of thiazole rings is 1. The van der Waals surface area contributed by atoms with Crippen molar-refractivity contribution < 1.29 is 9.59 Å². The maximum absolute atomic E-state index is 12.2. The van der Waals surface area contributed by atoms with Gasteiger partial charge >= 0.3 is 0 Å². The molecule has 7 heteroatoms. The molecular weight excluding hydrogens is 300 g/mol. The molecule has 122 valence electrons. The van der Waals surface area contributed by atoms with E-state index >= 15 is 0 Å². The number of nitrogens with zero attached hydrogens (tertiary/aromatic N) is 3. The van der Waals surface area contributed by atoms with Gasteiger partial charge < -0.3 is 15.1 Å². The summed E-state index contributed by atoms with van der Waals surface area (Å²) >= 11 is 1.60. The number of nitrogens with one attached hydrogen (secondary N) is 1. The molecule has 1 aliphatic heterocycles. The zero-order valence-corrected chi connectivity index (χ0v) is 14.1. The van der Waals surface area contributed by atoms with E-state index in [0.29, 0.717) is 32.5 Å². The number of hydrogen-bond acceptors (Lipinski definition) is 5. The van der Waals surface area contributed by atoms with E-state index in [0.717, 1.165) is 18.0 Å². The van der Waals surface area contributed by atoms with Crippen LogP contribution in [0, 0.1) is 5.92 Å². The minimum Gasteiger partial charge on any atom is -0.355 e. The Labute approximate surface area is 135 Å². The number of hydrogen-bond donors (Lipinski definition) is 1. The molecule has 2 heterocycles. The number of aromatic nitrogens is 1. The van der Waals surface area contributed by atoms with E-state index in [9.17, 15) is 9.59 Å². The SMILES string of the molecule is CN(C)CCN1CC(C(=O)NCCc2nccs2)CCC1=O. The largest absolute Gasteiger partial charge is 0.355 e. The first-order valence-electron chi connectivity index (χ1n) is 7.65. The van der Waals surface area contributed by atoms with Crippen molar-refractivity contribution in [3.8, 4) is 0 Å². The van der Waals surface area contributed by atoms with Gasteiger partial charge in [-0.15, -0.1) is 11.3 Å². The normalized spacial score (nSPS) is 18.8. The molecule has 0 aromatic carbocycles. The van der Waals surface area contributed by atoms with Crippen molar-refractivity contribution >= 4 is 23.2 Å². The highest BCUT2D eigenvalue weighted by molar-refractivity contribution is 7.09. The lowest BCUT2D eigenvalue weighted by atomic mass is 9.96. The molecular formula is C15H24N4O2S. The average Bonchev–Trinajstić information content (AvgIpc) is 2.99. The maximum atomic E-state index is 12.2. The molecule has 0 radical (unpaired) electrons. The first-order valence-corrected chi connectivity index (χ1v) is 8.53. The number of piperidine rings is 1. The molecule has 1 saturated heterocycles. The predicted molar refractivity (Wildman–Crippen MR) is 86.7 cm³/mol. The quantitative estimate of drug-likeness (QED) is 0.798. The molecule has 1 N–H and O–H groups in total. The lowest BCUT2D eigenvalue weighted by Crippen LogP contribution is -2.47. The van der Waals surface area contributed by atoms with E-state index in [1.54, 1.807) is 17.5 Å². The van der Waals surface area contributed by atoms with E-state index in [2.05, 4.69) is 10.3 Å². The lowest BCUT2D eigenvalue weighted by Gasteiger charge is -2.32. The highest BCUT2D eigenvalue weighted by atomic mass is 32.1. The van der Waals surface area contributed by atoms with Crippen LogP contribution < -0.4 is 5.32 Å². The number of rotatable bonds is 7. The molecule has 6 nitrogen and oxygen atoms in total. The fraction of sp³-hybridized carbons (Fsp3) is 0.667. The standard InChI is InChI=1S/C15H24N4O2S/c1-18(2)8-9-19-11-12(3-4-14(19)20)15(21)17-6-5-13-16-7-10-22-13/h7,10,12H,3-6,8-9,11H2,1-2H3,(H,17,21). The van der Waals surface area contributed by atoms with E-state index in [-0.39, 0.29) is 17.7 Å². The maximum Gasteiger partial charge on any atom is 0.224 e. The van der Waals surface area contributed by atoms with Crippen LogP contribution in [-0.2, 0) is 16.0 Å². The smallest absolute Gasteiger partial charge is 0.224 e. The molecule has 1 unspecified atom stereocenters. The van der Waals surface area contributed by atoms with Gasteiger partial charge in [-0.1, -0.05) is 0 Å². The molecule has 0 bridgehead atoms. The van der Waals surface area contributed by atoms with Crippen LogP contribution in [0.1, 0.15) is 17.8 Å². The summed E-state index contributed by atoms with van der Waals surface area (Å²) in [5.41, 5.74) is 0. The summed E-state index contributed by atoms with van der Waals surface area (Å²) in [6, 6.07) is 0. The van der Waals surface area contributed by atoms with Crippen molar-refractivity contribution in [2.45, 2.75) is 19.3 Å².